The van der Waals surface area contributed by atoms with E-state index in [1.165, 1.54) is 24.5 Å². The molecule has 1 aliphatic heterocycles. The Bertz CT molecular complexity index is 1100. The summed E-state index contributed by atoms with van der Waals surface area (Å²) in [7, 11) is 1.50. The molecule has 0 aliphatic carbocycles. The number of benzene rings is 2. The zero-order valence-corrected chi connectivity index (χ0v) is 16.0. The summed E-state index contributed by atoms with van der Waals surface area (Å²) >= 11 is 1.21. The van der Waals surface area contributed by atoms with E-state index in [2.05, 4.69) is 10.6 Å². The number of carbonyl (C=O) groups excluding carboxylic acids is 2. The number of thiophene rings is 1. The Balaban J connectivity index is 1.66. The molecule has 28 heavy (non-hydrogen) atoms. The van der Waals surface area contributed by atoms with Crippen LogP contribution in [0.3, 0.4) is 0 Å². The molecule has 0 fully saturated rings. The lowest BCUT2D eigenvalue weighted by Crippen LogP contribution is -2.34. The zero-order valence-electron chi connectivity index (χ0n) is 15.2. The highest BCUT2D eigenvalue weighted by Crippen LogP contribution is 2.35. The first-order valence-corrected chi connectivity index (χ1v) is 9.41. The molecule has 1 aliphatic rings. The van der Waals surface area contributed by atoms with E-state index in [4.69, 9.17) is 9.47 Å². The second-order valence-corrected chi connectivity index (χ2v) is 7.42. The molecule has 0 bridgehead atoms. The average Bonchev–Trinajstić information content (AvgIpc) is 3.03. The number of ether oxygens (including phenoxy) is 2. The number of fused-ring (bicyclic) bond motifs is 2. The average molecular weight is 400 g/mol. The van der Waals surface area contributed by atoms with E-state index in [-0.39, 0.29) is 24.2 Å². The Labute approximate surface area is 164 Å². The highest BCUT2D eigenvalue weighted by Gasteiger charge is 2.25. The fraction of sp³-hybridized carbons (Fsp3) is 0.200. The molecule has 8 heteroatoms. The van der Waals surface area contributed by atoms with Crippen LogP contribution in [-0.4, -0.2) is 25.0 Å². The SMILES string of the molecule is COCc1c(C(=O)Nc2ccc3c(c2)NC(=O)C(C)O3)sc2cccc(F)c12. The van der Waals surface area contributed by atoms with Crippen LogP contribution in [0, 0.1) is 5.82 Å². The lowest BCUT2D eigenvalue weighted by Gasteiger charge is -2.23. The normalized spacial score (nSPS) is 15.7. The molecule has 2 N–H and O–H groups in total. The molecule has 0 radical (unpaired) electrons. The molecule has 3 aromatic rings. The Hall–Kier alpha value is -2.97. The van der Waals surface area contributed by atoms with E-state index < -0.39 is 6.10 Å². The third-order valence-corrected chi connectivity index (χ3v) is 5.62. The van der Waals surface area contributed by atoms with Crippen LogP contribution >= 0.6 is 11.3 Å². The van der Waals surface area contributed by atoms with E-state index in [0.717, 1.165) is 0 Å². The molecule has 6 nitrogen and oxygen atoms in total. The van der Waals surface area contributed by atoms with Gasteiger partial charge in [0.05, 0.1) is 17.2 Å². The maximum absolute atomic E-state index is 14.3. The third kappa shape index (κ3) is 3.21. The lowest BCUT2D eigenvalue weighted by molar-refractivity contribution is -0.122. The molecular formula is C20H17FN2O4S. The van der Waals surface area contributed by atoms with E-state index in [1.54, 1.807) is 37.3 Å². The number of nitrogens with one attached hydrogen (secondary N) is 2. The number of hydrogen-bond donors (Lipinski definition) is 2. The maximum atomic E-state index is 14.3. The van der Waals surface area contributed by atoms with E-state index >= 15 is 0 Å². The van der Waals surface area contributed by atoms with Crippen molar-refractivity contribution in [1.82, 2.24) is 0 Å². The highest BCUT2D eigenvalue weighted by molar-refractivity contribution is 7.21. The predicted molar refractivity (Wildman–Crippen MR) is 106 cm³/mol. The summed E-state index contributed by atoms with van der Waals surface area (Å²) in [5.74, 6) is -0.473. The second-order valence-electron chi connectivity index (χ2n) is 6.37. The fourth-order valence-electron chi connectivity index (χ4n) is 3.11. The van der Waals surface area contributed by atoms with Crippen molar-refractivity contribution < 1.29 is 23.5 Å². The Morgan fingerprint density at radius 3 is 2.96 bits per heavy atom. The topological polar surface area (TPSA) is 76.7 Å². The summed E-state index contributed by atoms with van der Waals surface area (Å²) in [5.41, 5.74) is 1.49. The molecule has 144 valence electrons. The van der Waals surface area contributed by atoms with Gasteiger partial charge in [-0.2, -0.15) is 0 Å². The minimum absolute atomic E-state index is 0.121. The first kappa shape index (κ1) is 18.4. The Morgan fingerprint density at radius 1 is 1.36 bits per heavy atom. The van der Waals surface area contributed by atoms with Gasteiger partial charge in [0.25, 0.3) is 11.8 Å². The predicted octanol–water partition coefficient (Wildman–Crippen LogP) is 4.16. The number of anilines is 2. The van der Waals surface area contributed by atoms with Crippen molar-refractivity contribution in [2.45, 2.75) is 19.6 Å². The minimum atomic E-state index is -0.571. The maximum Gasteiger partial charge on any atom is 0.266 e. The standard InChI is InChI=1S/C20H17FN2O4S/c1-10-19(24)23-14-8-11(6-7-15(14)27-10)22-20(25)18-12(9-26-2)17-13(21)4-3-5-16(17)28-18/h3-8,10H,9H2,1-2H3,(H,22,25)(H,23,24). The molecule has 1 atom stereocenters. The van der Waals surface area contributed by atoms with Gasteiger partial charge in [-0.3, -0.25) is 9.59 Å². The van der Waals surface area contributed by atoms with E-state index in [9.17, 15) is 14.0 Å². The molecule has 0 saturated carbocycles. The molecule has 0 spiro atoms. The monoisotopic (exact) mass is 400 g/mol. The van der Waals surface area contributed by atoms with Crippen molar-refractivity contribution in [3.05, 3.63) is 52.7 Å². The number of amides is 2. The van der Waals surface area contributed by atoms with Crippen molar-refractivity contribution in [3.8, 4) is 5.75 Å². The smallest absolute Gasteiger partial charge is 0.266 e. The fourth-order valence-corrected chi connectivity index (χ4v) is 4.22. The Kier molecular flexibility index (Phi) is 4.74. The number of rotatable bonds is 4. The summed E-state index contributed by atoms with van der Waals surface area (Å²) in [4.78, 5) is 25.0. The number of halogens is 1. The van der Waals surface area contributed by atoms with Crippen molar-refractivity contribution in [1.29, 1.82) is 0 Å². The molecule has 0 saturated heterocycles. The van der Waals surface area contributed by atoms with Gasteiger partial charge in [0.2, 0.25) is 0 Å². The number of methoxy groups -OCH3 is 1. The van der Waals surface area contributed by atoms with E-state index in [0.29, 0.717) is 37.7 Å². The zero-order chi connectivity index (χ0) is 19.8. The molecule has 1 unspecified atom stereocenters. The van der Waals surface area contributed by atoms with Crippen LogP contribution in [-0.2, 0) is 16.1 Å². The summed E-state index contributed by atoms with van der Waals surface area (Å²) in [6.45, 7) is 1.78. The number of carbonyl (C=O) groups is 2. The van der Waals surface area contributed by atoms with Gasteiger partial charge < -0.3 is 20.1 Å². The van der Waals surface area contributed by atoms with Crippen molar-refractivity contribution in [2.75, 3.05) is 17.7 Å². The van der Waals surface area contributed by atoms with Crippen LogP contribution in [0.4, 0.5) is 15.8 Å². The molecule has 1 aromatic heterocycles. The van der Waals surface area contributed by atoms with Gasteiger partial charge in [0.15, 0.2) is 6.10 Å². The van der Waals surface area contributed by atoms with Crippen LogP contribution in [0.5, 0.6) is 5.75 Å². The largest absolute Gasteiger partial charge is 0.479 e. The van der Waals surface area contributed by atoms with E-state index in [1.807, 2.05) is 0 Å². The molecule has 4 rings (SSSR count). The molecule has 2 aromatic carbocycles. The van der Waals surface area contributed by atoms with Gasteiger partial charge in [-0.15, -0.1) is 11.3 Å². The van der Waals surface area contributed by atoms with Crippen LogP contribution < -0.4 is 15.4 Å². The van der Waals surface area contributed by atoms with Gasteiger partial charge in [-0.05, 0) is 37.3 Å². The second kappa shape index (κ2) is 7.21. The Morgan fingerprint density at radius 2 is 2.18 bits per heavy atom. The van der Waals surface area contributed by atoms with Gasteiger partial charge in [-0.1, -0.05) is 6.07 Å². The van der Waals surface area contributed by atoms with Crippen LogP contribution in [0.1, 0.15) is 22.2 Å². The van der Waals surface area contributed by atoms with Gasteiger partial charge in [0.1, 0.15) is 11.6 Å². The minimum Gasteiger partial charge on any atom is -0.479 e. The molecule has 2 amide bonds. The lowest BCUT2D eigenvalue weighted by atomic mass is 10.1. The van der Waals surface area contributed by atoms with Crippen molar-refractivity contribution in [2.24, 2.45) is 0 Å². The van der Waals surface area contributed by atoms with Crippen LogP contribution in [0.2, 0.25) is 0 Å². The summed E-state index contributed by atoms with van der Waals surface area (Å²) in [6.07, 6.45) is -0.571. The van der Waals surface area contributed by atoms with Crippen LogP contribution in [0.15, 0.2) is 36.4 Å². The summed E-state index contributed by atoms with van der Waals surface area (Å²) in [6, 6.07) is 9.74. The highest BCUT2D eigenvalue weighted by atomic mass is 32.1. The quantitative estimate of drug-likeness (QED) is 0.690. The third-order valence-electron chi connectivity index (χ3n) is 4.43. The van der Waals surface area contributed by atoms with Gasteiger partial charge in [0, 0.05) is 28.4 Å². The van der Waals surface area contributed by atoms with Gasteiger partial charge in [-0.25, -0.2) is 4.39 Å². The van der Waals surface area contributed by atoms with Crippen molar-refractivity contribution >= 4 is 44.6 Å². The summed E-state index contributed by atoms with van der Waals surface area (Å²) in [5, 5.41) is 5.94. The van der Waals surface area contributed by atoms with Crippen LogP contribution in [0.25, 0.3) is 10.1 Å². The first-order chi connectivity index (χ1) is 13.5. The van der Waals surface area contributed by atoms with Crippen molar-refractivity contribution in [3.63, 3.8) is 0 Å². The molecular weight excluding hydrogens is 383 g/mol. The number of hydrogen-bond acceptors (Lipinski definition) is 5. The summed E-state index contributed by atoms with van der Waals surface area (Å²) < 4.78 is 25.7. The first-order valence-electron chi connectivity index (χ1n) is 8.59. The van der Waals surface area contributed by atoms with Gasteiger partial charge >= 0.3 is 0 Å². The molecule has 2 heterocycles.